The van der Waals surface area contributed by atoms with Crippen LogP contribution >= 0.6 is 11.3 Å². The van der Waals surface area contributed by atoms with Crippen LogP contribution in [-0.2, 0) is 6.54 Å². The molecule has 6 nitrogen and oxygen atoms in total. The molecule has 0 fully saturated rings. The van der Waals surface area contributed by atoms with E-state index in [9.17, 15) is 9.59 Å². The highest BCUT2D eigenvalue weighted by Gasteiger charge is 2.22. The molecule has 0 aliphatic rings. The molecule has 0 aliphatic heterocycles. The maximum absolute atomic E-state index is 12.7. The van der Waals surface area contributed by atoms with Crippen LogP contribution in [0.5, 0.6) is 5.75 Å². The van der Waals surface area contributed by atoms with Gasteiger partial charge in [0, 0.05) is 22.2 Å². The molecule has 0 spiro atoms. The molecule has 1 aromatic carbocycles. The fraction of sp³-hybridized carbons (Fsp3) is 0.353. The van der Waals surface area contributed by atoms with Gasteiger partial charge in [-0.1, -0.05) is 13.8 Å². The van der Waals surface area contributed by atoms with E-state index >= 15 is 0 Å². The molecule has 3 N–H and O–H groups in total. The van der Waals surface area contributed by atoms with Gasteiger partial charge < -0.3 is 15.8 Å². The highest BCUT2D eigenvalue weighted by atomic mass is 32.1. The first-order chi connectivity index (χ1) is 11.3. The Hall–Kier alpha value is -2.41. The molecule has 0 bridgehead atoms. The van der Waals surface area contributed by atoms with E-state index in [1.54, 1.807) is 12.1 Å². The largest absolute Gasteiger partial charge is 0.497 e. The third-order valence-electron chi connectivity index (χ3n) is 3.54. The van der Waals surface area contributed by atoms with E-state index in [1.807, 2.05) is 26.2 Å². The molecular formula is C17H21N3O3S. The molecule has 0 unspecified atom stereocenters. The van der Waals surface area contributed by atoms with Crippen molar-refractivity contribution in [1.82, 2.24) is 10.3 Å². The first kappa shape index (κ1) is 17.9. The molecule has 2 aromatic rings. The summed E-state index contributed by atoms with van der Waals surface area (Å²) in [5.74, 6) is -0.486. The fourth-order valence-electron chi connectivity index (χ4n) is 2.49. The number of nitrogens with two attached hydrogens (primary N) is 1. The molecule has 1 heterocycles. The number of ether oxygens (including phenoxy) is 1. The number of primary amides is 1. The van der Waals surface area contributed by atoms with Crippen LogP contribution < -0.4 is 15.8 Å². The van der Waals surface area contributed by atoms with Crippen LogP contribution in [0.25, 0.3) is 0 Å². The number of methoxy groups -OCH3 is 1. The van der Waals surface area contributed by atoms with Gasteiger partial charge in [0.25, 0.3) is 5.91 Å². The van der Waals surface area contributed by atoms with Crippen molar-refractivity contribution in [2.24, 2.45) is 5.73 Å². The Morgan fingerprint density at radius 2 is 2.00 bits per heavy atom. The van der Waals surface area contributed by atoms with Gasteiger partial charge in [-0.25, -0.2) is 4.98 Å². The van der Waals surface area contributed by atoms with Gasteiger partial charge in [0.15, 0.2) is 0 Å². The lowest BCUT2D eigenvalue weighted by Crippen LogP contribution is -2.26. The van der Waals surface area contributed by atoms with Crippen LogP contribution in [0.2, 0.25) is 0 Å². The molecular weight excluding hydrogens is 326 g/mol. The predicted octanol–water partition coefficient (Wildman–Crippen LogP) is 2.61. The Bertz CT molecular complexity index is 768. The molecule has 24 heavy (non-hydrogen) atoms. The molecule has 7 heteroatoms. The molecule has 0 saturated carbocycles. The van der Waals surface area contributed by atoms with Crippen molar-refractivity contribution < 1.29 is 14.3 Å². The Balaban J connectivity index is 2.37. The average molecular weight is 347 g/mol. The molecule has 0 aliphatic carbocycles. The Morgan fingerprint density at radius 1 is 1.33 bits per heavy atom. The smallest absolute Gasteiger partial charge is 0.252 e. The second kappa shape index (κ2) is 7.44. The lowest BCUT2D eigenvalue weighted by atomic mass is 9.90. The second-order valence-electron chi connectivity index (χ2n) is 5.72. The zero-order valence-corrected chi connectivity index (χ0v) is 15.0. The van der Waals surface area contributed by atoms with E-state index in [0.717, 1.165) is 10.7 Å². The van der Waals surface area contributed by atoms with E-state index in [1.165, 1.54) is 18.4 Å². The van der Waals surface area contributed by atoms with E-state index in [0.29, 0.717) is 29.0 Å². The summed E-state index contributed by atoms with van der Waals surface area (Å²) in [5.41, 5.74) is 7.72. The number of rotatable bonds is 6. The maximum atomic E-state index is 12.7. The van der Waals surface area contributed by atoms with E-state index in [2.05, 4.69) is 10.3 Å². The Kier molecular flexibility index (Phi) is 5.56. The SMILES string of the molecule is COc1cc(C(N)=O)c(C(C)C)c(C(=O)NCc2nc(C)cs2)c1. The second-order valence-corrected chi connectivity index (χ2v) is 6.66. The summed E-state index contributed by atoms with van der Waals surface area (Å²) in [7, 11) is 1.48. The molecule has 2 amide bonds. The Labute approximate surface area is 145 Å². The summed E-state index contributed by atoms with van der Waals surface area (Å²) in [4.78, 5) is 28.7. The van der Waals surface area contributed by atoms with Crippen molar-refractivity contribution >= 4 is 23.2 Å². The summed E-state index contributed by atoms with van der Waals surface area (Å²) < 4.78 is 5.20. The first-order valence-corrected chi connectivity index (χ1v) is 8.42. The van der Waals surface area contributed by atoms with Crippen molar-refractivity contribution in [3.63, 3.8) is 0 Å². The number of benzene rings is 1. The van der Waals surface area contributed by atoms with Gasteiger partial charge in [0.05, 0.1) is 13.7 Å². The molecule has 0 atom stereocenters. The third kappa shape index (κ3) is 3.91. The average Bonchev–Trinajstić information content (AvgIpc) is 2.96. The highest BCUT2D eigenvalue weighted by molar-refractivity contribution is 7.09. The van der Waals surface area contributed by atoms with Crippen LogP contribution in [0.15, 0.2) is 17.5 Å². The summed E-state index contributed by atoms with van der Waals surface area (Å²) >= 11 is 1.49. The monoisotopic (exact) mass is 347 g/mol. The van der Waals surface area contributed by atoms with Crippen LogP contribution in [0.3, 0.4) is 0 Å². The minimum absolute atomic E-state index is 0.0405. The van der Waals surface area contributed by atoms with Gasteiger partial charge in [-0.2, -0.15) is 0 Å². The number of carbonyl (C=O) groups excluding carboxylic acids is 2. The van der Waals surface area contributed by atoms with E-state index in [4.69, 9.17) is 10.5 Å². The lowest BCUT2D eigenvalue weighted by Gasteiger charge is -2.17. The molecule has 2 rings (SSSR count). The molecule has 1 aromatic heterocycles. The van der Waals surface area contributed by atoms with E-state index < -0.39 is 5.91 Å². The van der Waals surface area contributed by atoms with Gasteiger partial charge in [0.2, 0.25) is 5.91 Å². The van der Waals surface area contributed by atoms with Gasteiger partial charge >= 0.3 is 0 Å². The summed E-state index contributed by atoms with van der Waals surface area (Å²) in [5, 5.41) is 5.60. The van der Waals surface area contributed by atoms with Gasteiger partial charge in [-0.3, -0.25) is 9.59 Å². The van der Waals surface area contributed by atoms with Crippen molar-refractivity contribution in [1.29, 1.82) is 0 Å². The predicted molar refractivity (Wildman–Crippen MR) is 93.6 cm³/mol. The standard InChI is InChI=1S/C17H21N3O3S/c1-9(2)15-12(16(18)21)5-11(23-4)6-13(15)17(22)19-7-14-20-10(3)8-24-14/h5-6,8-9H,7H2,1-4H3,(H2,18,21)(H,19,22). The van der Waals surface area contributed by atoms with Crippen molar-refractivity contribution in [2.75, 3.05) is 7.11 Å². The number of amides is 2. The van der Waals surface area contributed by atoms with Crippen molar-refractivity contribution in [3.8, 4) is 5.75 Å². The quantitative estimate of drug-likeness (QED) is 0.840. The molecule has 0 radical (unpaired) electrons. The Morgan fingerprint density at radius 3 is 2.50 bits per heavy atom. The third-order valence-corrected chi connectivity index (χ3v) is 4.51. The van der Waals surface area contributed by atoms with Crippen molar-refractivity contribution in [3.05, 3.63) is 44.9 Å². The lowest BCUT2D eigenvalue weighted by molar-refractivity contribution is 0.0949. The zero-order valence-electron chi connectivity index (χ0n) is 14.2. The van der Waals surface area contributed by atoms with Crippen LogP contribution in [0, 0.1) is 6.92 Å². The number of aryl methyl sites for hydroxylation is 1. The number of thiazole rings is 1. The summed E-state index contributed by atoms with van der Waals surface area (Å²) in [6.45, 7) is 6.06. The zero-order chi connectivity index (χ0) is 17.9. The number of carbonyl (C=O) groups is 2. The fourth-order valence-corrected chi connectivity index (χ4v) is 3.20. The number of nitrogens with one attached hydrogen (secondary N) is 1. The van der Waals surface area contributed by atoms with Gasteiger partial charge in [0.1, 0.15) is 10.8 Å². The van der Waals surface area contributed by atoms with Gasteiger partial charge in [-0.15, -0.1) is 11.3 Å². The number of hydrogen-bond donors (Lipinski definition) is 2. The summed E-state index contributed by atoms with van der Waals surface area (Å²) in [6.07, 6.45) is 0. The molecule has 128 valence electrons. The van der Waals surface area contributed by atoms with Crippen LogP contribution in [0.1, 0.15) is 56.7 Å². The molecule has 0 saturated heterocycles. The van der Waals surface area contributed by atoms with Crippen molar-refractivity contribution in [2.45, 2.75) is 33.2 Å². The number of aromatic nitrogens is 1. The number of nitrogens with zero attached hydrogens (tertiary/aromatic N) is 1. The van der Waals surface area contributed by atoms with Crippen LogP contribution in [0.4, 0.5) is 0 Å². The number of hydrogen-bond acceptors (Lipinski definition) is 5. The highest BCUT2D eigenvalue weighted by Crippen LogP contribution is 2.29. The maximum Gasteiger partial charge on any atom is 0.252 e. The van der Waals surface area contributed by atoms with E-state index in [-0.39, 0.29) is 11.8 Å². The minimum atomic E-state index is -0.581. The van der Waals surface area contributed by atoms with Crippen LogP contribution in [-0.4, -0.2) is 23.9 Å². The summed E-state index contributed by atoms with van der Waals surface area (Å²) in [6, 6.07) is 3.20. The first-order valence-electron chi connectivity index (χ1n) is 7.54. The minimum Gasteiger partial charge on any atom is -0.497 e. The normalized spacial score (nSPS) is 10.7. The topological polar surface area (TPSA) is 94.3 Å². The van der Waals surface area contributed by atoms with Gasteiger partial charge in [-0.05, 0) is 30.5 Å².